The minimum absolute atomic E-state index is 0.0241. The second-order valence-corrected chi connectivity index (χ2v) is 6.81. The largest absolute Gasteiger partial charge is 0.338 e. The first-order valence-corrected chi connectivity index (χ1v) is 8.71. The molecule has 120 valence electrons. The third-order valence-electron chi connectivity index (χ3n) is 3.44. The molecule has 2 rings (SSSR count). The molecule has 6 nitrogen and oxygen atoms in total. The average Bonchev–Trinajstić information content (AvgIpc) is 3.06. The molecule has 22 heavy (non-hydrogen) atoms. The van der Waals surface area contributed by atoms with Gasteiger partial charge in [-0.25, -0.2) is 0 Å². The summed E-state index contributed by atoms with van der Waals surface area (Å²) >= 11 is 6.86. The second kappa shape index (κ2) is 7.41. The van der Waals surface area contributed by atoms with Gasteiger partial charge >= 0.3 is 0 Å². The summed E-state index contributed by atoms with van der Waals surface area (Å²) in [5.74, 6) is 0.0241. The molecule has 2 heterocycles. The van der Waals surface area contributed by atoms with Crippen LogP contribution in [0.15, 0.2) is 27.5 Å². The van der Waals surface area contributed by atoms with Crippen molar-refractivity contribution in [2.75, 3.05) is 7.05 Å². The fourth-order valence-electron chi connectivity index (χ4n) is 2.22. The van der Waals surface area contributed by atoms with E-state index in [0.29, 0.717) is 13.0 Å². The van der Waals surface area contributed by atoms with Crippen LogP contribution in [0.2, 0.25) is 0 Å². The van der Waals surface area contributed by atoms with Gasteiger partial charge < -0.3 is 4.90 Å². The maximum Gasteiger partial charge on any atom is 0.247 e. The maximum atomic E-state index is 12.7. The summed E-state index contributed by atoms with van der Waals surface area (Å²) in [6.07, 6.45) is 6.12. The van der Waals surface area contributed by atoms with Crippen LogP contribution in [0.3, 0.4) is 0 Å². The van der Waals surface area contributed by atoms with Gasteiger partial charge in [0.25, 0.3) is 0 Å². The molecule has 0 aromatic carbocycles. The standard InChI is InChI=1S/C14H19Br2N5O/c1-4-13(21-7-10(15)6-17-21)14(22)19(3)9-12-11(16)8-20(5-2)18-12/h6-8,13H,4-5,9H2,1-3H3. The van der Waals surface area contributed by atoms with Crippen molar-refractivity contribution in [1.29, 1.82) is 0 Å². The molecule has 1 atom stereocenters. The first-order valence-electron chi connectivity index (χ1n) is 7.12. The van der Waals surface area contributed by atoms with Crippen molar-refractivity contribution >= 4 is 37.8 Å². The van der Waals surface area contributed by atoms with Crippen LogP contribution in [0.4, 0.5) is 0 Å². The van der Waals surface area contributed by atoms with Gasteiger partial charge in [-0.05, 0) is 45.2 Å². The molecule has 0 saturated carbocycles. The third-order valence-corrected chi connectivity index (χ3v) is 4.51. The van der Waals surface area contributed by atoms with E-state index >= 15 is 0 Å². The normalized spacial score (nSPS) is 12.4. The van der Waals surface area contributed by atoms with Crippen molar-refractivity contribution in [2.45, 2.75) is 39.4 Å². The zero-order chi connectivity index (χ0) is 16.3. The van der Waals surface area contributed by atoms with Crippen molar-refractivity contribution in [3.8, 4) is 0 Å². The minimum Gasteiger partial charge on any atom is -0.338 e. The lowest BCUT2D eigenvalue weighted by molar-refractivity contribution is -0.134. The number of rotatable bonds is 6. The topological polar surface area (TPSA) is 56.0 Å². The van der Waals surface area contributed by atoms with Gasteiger partial charge in [0.05, 0.1) is 27.4 Å². The van der Waals surface area contributed by atoms with Crippen LogP contribution in [-0.2, 0) is 17.9 Å². The monoisotopic (exact) mass is 431 g/mol. The van der Waals surface area contributed by atoms with E-state index in [1.807, 2.05) is 30.9 Å². The highest BCUT2D eigenvalue weighted by Crippen LogP contribution is 2.20. The van der Waals surface area contributed by atoms with Crippen molar-refractivity contribution < 1.29 is 4.79 Å². The molecule has 0 N–H and O–H groups in total. The van der Waals surface area contributed by atoms with Crippen LogP contribution >= 0.6 is 31.9 Å². The lowest BCUT2D eigenvalue weighted by Gasteiger charge is -2.22. The number of amides is 1. The van der Waals surface area contributed by atoms with E-state index < -0.39 is 0 Å². The Labute approximate surface area is 146 Å². The summed E-state index contributed by atoms with van der Waals surface area (Å²) in [6, 6.07) is -0.302. The fourth-order valence-corrected chi connectivity index (χ4v) is 2.97. The Morgan fingerprint density at radius 3 is 2.59 bits per heavy atom. The number of likely N-dealkylation sites (N-methyl/N-ethyl adjacent to an activating group) is 1. The van der Waals surface area contributed by atoms with Crippen molar-refractivity contribution in [3.05, 3.63) is 33.2 Å². The lowest BCUT2D eigenvalue weighted by atomic mass is 10.2. The highest BCUT2D eigenvalue weighted by atomic mass is 79.9. The van der Waals surface area contributed by atoms with Gasteiger partial charge in [0.2, 0.25) is 5.91 Å². The quantitative estimate of drug-likeness (QED) is 0.703. The summed E-state index contributed by atoms with van der Waals surface area (Å²) in [4.78, 5) is 14.4. The van der Waals surface area contributed by atoms with E-state index in [4.69, 9.17) is 0 Å². The van der Waals surface area contributed by atoms with E-state index in [1.165, 1.54) is 0 Å². The minimum atomic E-state index is -0.302. The molecule has 0 aliphatic rings. The van der Waals surface area contributed by atoms with Gasteiger partial charge in [-0.3, -0.25) is 14.2 Å². The molecule has 2 aromatic heterocycles. The SMILES string of the molecule is CCC(C(=O)N(C)Cc1nn(CC)cc1Br)n1cc(Br)cn1. The predicted octanol–water partition coefficient (Wildman–Crippen LogP) is 3.23. The highest BCUT2D eigenvalue weighted by Gasteiger charge is 2.24. The molecule has 1 unspecified atom stereocenters. The molecule has 1 amide bonds. The summed E-state index contributed by atoms with van der Waals surface area (Å²) < 4.78 is 5.33. The Morgan fingerprint density at radius 1 is 1.36 bits per heavy atom. The van der Waals surface area contributed by atoms with E-state index in [-0.39, 0.29) is 11.9 Å². The number of aryl methyl sites for hydroxylation is 1. The van der Waals surface area contributed by atoms with Crippen LogP contribution in [0.5, 0.6) is 0 Å². The van der Waals surface area contributed by atoms with Crippen molar-refractivity contribution in [2.24, 2.45) is 0 Å². The number of hydrogen-bond acceptors (Lipinski definition) is 3. The van der Waals surface area contributed by atoms with Crippen LogP contribution in [0.25, 0.3) is 0 Å². The Balaban J connectivity index is 2.11. The van der Waals surface area contributed by atoms with Gasteiger partial charge in [-0.2, -0.15) is 10.2 Å². The van der Waals surface area contributed by atoms with Crippen LogP contribution in [0, 0.1) is 0 Å². The molecule has 0 bridgehead atoms. The van der Waals surface area contributed by atoms with Gasteiger partial charge in [0.15, 0.2) is 0 Å². The third kappa shape index (κ3) is 3.78. The molecule has 0 aliphatic heterocycles. The number of aromatic nitrogens is 4. The predicted molar refractivity (Wildman–Crippen MR) is 91.3 cm³/mol. The molecule has 0 radical (unpaired) electrons. The number of nitrogens with zero attached hydrogens (tertiary/aromatic N) is 5. The number of halogens is 2. The molecule has 0 saturated heterocycles. The number of carbonyl (C=O) groups excluding carboxylic acids is 1. The van der Waals surface area contributed by atoms with Crippen LogP contribution < -0.4 is 0 Å². The summed E-state index contributed by atoms with van der Waals surface area (Å²) in [5.41, 5.74) is 0.856. The molecule has 8 heteroatoms. The van der Waals surface area contributed by atoms with E-state index in [9.17, 15) is 4.79 Å². The Bertz CT molecular complexity index is 651. The molecule has 0 aliphatic carbocycles. The Kier molecular flexibility index (Phi) is 5.80. The van der Waals surface area contributed by atoms with E-state index in [2.05, 4.69) is 42.1 Å². The highest BCUT2D eigenvalue weighted by molar-refractivity contribution is 9.10. The van der Waals surface area contributed by atoms with Crippen LogP contribution in [0.1, 0.15) is 32.0 Å². The zero-order valence-corrected chi connectivity index (χ0v) is 16.0. The molecule has 2 aromatic rings. The first kappa shape index (κ1) is 17.2. The van der Waals surface area contributed by atoms with Gasteiger partial charge in [-0.1, -0.05) is 6.92 Å². The molecular weight excluding hydrogens is 414 g/mol. The smallest absolute Gasteiger partial charge is 0.247 e. The number of carbonyl (C=O) groups is 1. The average molecular weight is 433 g/mol. The summed E-state index contributed by atoms with van der Waals surface area (Å²) in [6.45, 7) is 5.27. The zero-order valence-electron chi connectivity index (χ0n) is 12.8. The van der Waals surface area contributed by atoms with Crippen molar-refractivity contribution in [3.63, 3.8) is 0 Å². The van der Waals surface area contributed by atoms with Crippen molar-refractivity contribution in [1.82, 2.24) is 24.5 Å². The molecule has 0 spiro atoms. The fraction of sp³-hybridized carbons (Fsp3) is 0.500. The maximum absolute atomic E-state index is 12.7. The molecular formula is C14H19Br2N5O. The first-order chi connectivity index (χ1) is 10.5. The van der Waals surface area contributed by atoms with Crippen LogP contribution in [-0.4, -0.2) is 37.4 Å². The lowest BCUT2D eigenvalue weighted by Crippen LogP contribution is -2.34. The summed E-state index contributed by atoms with van der Waals surface area (Å²) in [7, 11) is 1.79. The van der Waals surface area contributed by atoms with Gasteiger partial charge in [0.1, 0.15) is 6.04 Å². The van der Waals surface area contributed by atoms with Gasteiger partial charge in [-0.15, -0.1) is 0 Å². The Morgan fingerprint density at radius 2 is 2.09 bits per heavy atom. The summed E-state index contributed by atoms with van der Waals surface area (Å²) in [5, 5.41) is 8.68. The Hall–Kier alpha value is -1.15. The van der Waals surface area contributed by atoms with Gasteiger partial charge in [0, 0.05) is 26.0 Å². The van der Waals surface area contributed by atoms with E-state index in [1.54, 1.807) is 22.8 Å². The second-order valence-electron chi connectivity index (χ2n) is 5.04. The molecule has 0 fully saturated rings. The number of hydrogen-bond donors (Lipinski definition) is 0. The van der Waals surface area contributed by atoms with E-state index in [0.717, 1.165) is 21.2 Å².